The van der Waals surface area contributed by atoms with E-state index in [2.05, 4.69) is 4.74 Å². The van der Waals surface area contributed by atoms with Gasteiger partial charge in [0.05, 0.1) is 31.9 Å². The van der Waals surface area contributed by atoms with Crippen molar-refractivity contribution in [3.8, 4) is 5.75 Å². The highest BCUT2D eigenvalue weighted by molar-refractivity contribution is 5.81. The predicted molar refractivity (Wildman–Crippen MR) is 97.7 cm³/mol. The van der Waals surface area contributed by atoms with Gasteiger partial charge in [-0.1, -0.05) is 12.1 Å². The fourth-order valence-electron chi connectivity index (χ4n) is 4.10. The van der Waals surface area contributed by atoms with Gasteiger partial charge in [-0.3, -0.25) is 4.79 Å². The third-order valence-electron chi connectivity index (χ3n) is 5.62. The molecule has 3 aliphatic heterocycles. The van der Waals surface area contributed by atoms with Crippen molar-refractivity contribution in [1.29, 1.82) is 0 Å². The molecule has 3 aliphatic rings. The Morgan fingerprint density at radius 2 is 2.00 bits per heavy atom. The van der Waals surface area contributed by atoms with Gasteiger partial charge in [-0.2, -0.15) is 0 Å². The fraction of sp³-hybridized carbons (Fsp3) is 0.600. The highest BCUT2D eigenvalue weighted by Gasteiger charge is 2.40. The second kappa shape index (κ2) is 8.43. The molecule has 0 radical (unpaired) electrons. The Morgan fingerprint density at radius 1 is 1.20 bits per heavy atom. The van der Waals surface area contributed by atoms with Crippen LogP contribution in [-0.4, -0.2) is 73.0 Å². The Kier molecular flexibility index (Phi) is 5.88. The molecule has 2 amide bonds. The first-order valence-electron chi connectivity index (χ1n) is 9.90. The average molecular weight is 428 g/mol. The van der Waals surface area contributed by atoms with Crippen molar-refractivity contribution in [2.75, 3.05) is 32.8 Å². The van der Waals surface area contributed by atoms with E-state index in [1.807, 2.05) is 0 Å². The Morgan fingerprint density at radius 3 is 2.77 bits per heavy atom. The minimum atomic E-state index is -4.74. The van der Waals surface area contributed by atoms with Gasteiger partial charge in [0.1, 0.15) is 12.4 Å². The van der Waals surface area contributed by atoms with Crippen molar-refractivity contribution < 1.29 is 37.0 Å². The molecular formula is C20H23F3N2O5. The highest BCUT2D eigenvalue weighted by Crippen LogP contribution is 2.29. The van der Waals surface area contributed by atoms with Crippen LogP contribution < -0.4 is 4.74 Å². The molecule has 4 rings (SSSR count). The Labute approximate surface area is 171 Å². The number of fused-ring (bicyclic) bond motifs is 1. The van der Waals surface area contributed by atoms with Gasteiger partial charge < -0.3 is 24.0 Å². The van der Waals surface area contributed by atoms with Crippen molar-refractivity contribution in [2.24, 2.45) is 5.92 Å². The molecule has 3 saturated heterocycles. The monoisotopic (exact) mass is 428 g/mol. The molecule has 3 fully saturated rings. The molecule has 1 aromatic rings. The second-order valence-electron chi connectivity index (χ2n) is 7.90. The summed E-state index contributed by atoms with van der Waals surface area (Å²) < 4.78 is 52.1. The fourth-order valence-corrected chi connectivity index (χ4v) is 4.10. The summed E-state index contributed by atoms with van der Waals surface area (Å²) in [5.41, 5.74) is 0.561. The van der Waals surface area contributed by atoms with Crippen molar-refractivity contribution in [3.05, 3.63) is 29.8 Å². The molecule has 7 nitrogen and oxygen atoms in total. The van der Waals surface area contributed by atoms with Crippen LogP contribution in [0.25, 0.3) is 0 Å². The maximum absolute atomic E-state index is 12.7. The molecule has 0 N–H and O–H groups in total. The van der Waals surface area contributed by atoms with Crippen LogP contribution >= 0.6 is 0 Å². The normalized spacial score (nSPS) is 25.0. The number of alkyl halides is 3. The number of rotatable bonds is 4. The minimum absolute atomic E-state index is 0.0521. The van der Waals surface area contributed by atoms with E-state index in [1.165, 1.54) is 18.2 Å². The predicted octanol–water partition coefficient (Wildman–Crippen LogP) is 2.59. The third kappa shape index (κ3) is 5.04. The van der Waals surface area contributed by atoms with Gasteiger partial charge in [-0.05, 0) is 24.1 Å². The zero-order valence-corrected chi connectivity index (χ0v) is 16.3. The van der Waals surface area contributed by atoms with Crippen LogP contribution in [0.4, 0.5) is 18.0 Å². The summed E-state index contributed by atoms with van der Waals surface area (Å²) in [7, 11) is 0. The number of ether oxygens (including phenoxy) is 3. The van der Waals surface area contributed by atoms with Gasteiger partial charge in [0.15, 0.2) is 5.78 Å². The van der Waals surface area contributed by atoms with Gasteiger partial charge in [0.25, 0.3) is 0 Å². The molecule has 3 heterocycles. The first kappa shape index (κ1) is 20.9. The lowest BCUT2D eigenvalue weighted by molar-refractivity contribution is -0.274. The summed E-state index contributed by atoms with van der Waals surface area (Å²) in [6.45, 7) is 2.28. The second-order valence-corrected chi connectivity index (χ2v) is 7.90. The first-order chi connectivity index (χ1) is 14.3. The molecule has 0 unspecified atom stereocenters. The number of hydrogen-bond donors (Lipinski definition) is 0. The van der Waals surface area contributed by atoms with Gasteiger partial charge in [-0.15, -0.1) is 13.2 Å². The van der Waals surface area contributed by atoms with Crippen LogP contribution in [-0.2, 0) is 20.9 Å². The number of halogens is 3. The number of benzene rings is 1. The summed E-state index contributed by atoms with van der Waals surface area (Å²) in [6.07, 6.45) is -3.67. The van der Waals surface area contributed by atoms with Crippen LogP contribution in [0, 0.1) is 5.92 Å². The number of carbonyl (C=O) groups excluding carboxylic acids is 2. The number of hydrogen-bond acceptors (Lipinski definition) is 5. The number of nitrogens with zero attached hydrogens (tertiary/aromatic N) is 2. The summed E-state index contributed by atoms with van der Waals surface area (Å²) in [5.74, 6) is -0.154. The molecule has 0 aliphatic carbocycles. The average Bonchev–Trinajstić information content (AvgIpc) is 2.65. The number of carbonyl (C=O) groups is 2. The van der Waals surface area contributed by atoms with Crippen LogP contribution in [0.1, 0.15) is 18.4 Å². The van der Waals surface area contributed by atoms with Crippen molar-refractivity contribution >= 4 is 11.8 Å². The number of Topliss-reactive ketones (excluding diaryl/α,β-unsaturated/α-hetero) is 1. The van der Waals surface area contributed by atoms with E-state index >= 15 is 0 Å². The SMILES string of the molecule is O=C1CO[C@H]2CCN(C(=O)N3CC(OCc4cccc(OC(F)(F)F)c4)C3)C[C@H]2C1. The number of amides is 2. The number of likely N-dealkylation sites (tertiary alicyclic amines) is 2. The summed E-state index contributed by atoms with van der Waals surface area (Å²) in [6, 6.07) is 5.57. The lowest BCUT2D eigenvalue weighted by atomic mass is 9.88. The van der Waals surface area contributed by atoms with Crippen molar-refractivity contribution in [2.45, 2.75) is 38.0 Å². The van der Waals surface area contributed by atoms with E-state index in [1.54, 1.807) is 15.9 Å². The van der Waals surface area contributed by atoms with Crippen LogP contribution in [0.15, 0.2) is 24.3 Å². The third-order valence-corrected chi connectivity index (χ3v) is 5.62. The molecule has 0 bridgehead atoms. The Hall–Kier alpha value is -2.33. The molecule has 0 aromatic heterocycles. The molecule has 1 aromatic carbocycles. The minimum Gasteiger partial charge on any atom is -0.406 e. The smallest absolute Gasteiger partial charge is 0.406 e. The molecular weight excluding hydrogens is 405 g/mol. The summed E-state index contributed by atoms with van der Waals surface area (Å²) in [5, 5.41) is 0. The summed E-state index contributed by atoms with van der Waals surface area (Å²) >= 11 is 0. The Bertz CT molecular complexity index is 797. The number of ketones is 1. The molecule has 0 spiro atoms. The quantitative estimate of drug-likeness (QED) is 0.738. The van der Waals surface area contributed by atoms with E-state index in [0.29, 0.717) is 38.2 Å². The molecule has 2 atom stereocenters. The standard InChI is InChI=1S/C20H23F3N2O5/c21-20(22,23)30-16-3-1-2-13(6-16)11-28-17-9-25(10-17)19(27)24-5-4-18-14(8-24)7-15(26)12-29-18/h1-3,6,14,17-18H,4-5,7-12H2/t14-,18+/m1/s1. The lowest BCUT2D eigenvalue weighted by Gasteiger charge is -2.45. The van der Waals surface area contributed by atoms with E-state index in [4.69, 9.17) is 9.47 Å². The van der Waals surface area contributed by atoms with Gasteiger partial charge >= 0.3 is 12.4 Å². The topological polar surface area (TPSA) is 68.3 Å². The molecule has 10 heteroatoms. The van der Waals surface area contributed by atoms with Gasteiger partial charge in [0, 0.05) is 25.4 Å². The zero-order chi connectivity index (χ0) is 21.3. The summed E-state index contributed by atoms with van der Waals surface area (Å²) in [4.78, 5) is 27.7. The van der Waals surface area contributed by atoms with E-state index < -0.39 is 6.36 Å². The van der Waals surface area contributed by atoms with E-state index in [-0.39, 0.29) is 48.9 Å². The number of urea groups is 1. The molecule has 164 valence electrons. The highest BCUT2D eigenvalue weighted by atomic mass is 19.4. The van der Waals surface area contributed by atoms with Crippen LogP contribution in [0.5, 0.6) is 5.75 Å². The van der Waals surface area contributed by atoms with Crippen LogP contribution in [0.2, 0.25) is 0 Å². The number of piperidine rings is 1. The van der Waals surface area contributed by atoms with Gasteiger partial charge in [-0.25, -0.2) is 4.79 Å². The van der Waals surface area contributed by atoms with Crippen molar-refractivity contribution in [1.82, 2.24) is 9.80 Å². The van der Waals surface area contributed by atoms with Crippen LogP contribution in [0.3, 0.4) is 0 Å². The lowest BCUT2D eigenvalue weighted by Crippen LogP contribution is -2.61. The van der Waals surface area contributed by atoms with Gasteiger partial charge in [0.2, 0.25) is 0 Å². The maximum atomic E-state index is 12.7. The largest absolute Gasteiger partial charge is 0.573 e. The molecule has 30 heavy (non-hydrogen) atoms. The molecule has 0 saturated carbocycles. The van der Waals surface area contributed by atoms with E-state index in [0.717, 1.165) is 6.42 Å². The Balaban J connectivity index is 1.21. The van der Waals surface area contributed by atoms with E-state index in [9.17, 15) is 22.8 Å². The maximum Gasteiger partial charge on any atom is 0.573 e. The zero-order valence-electron chi connectivity index (χ0n) is 16.3. The van der Waals surface area contributed by atoms with Crippen molar-refractivity contribution in [3.63, 3.8) is 0 Å². The first-order valence-corrected chi connectivity index (χ1v) is 9.90.